The first-order valence-electron chi connectivity index (χ1n) is 6.76. The maximum absolute atomic E-state index is 12.4. The summed E-state index contributed by atoms with van der Waals surface area (Å²) in [4.78, 5) is 14.5. The summed E-state index contributed by atoms with van der Waals surface area (Å²) in [6.45, 7) is 2.61. The van der Waals surface area contributed by atoms with E-state index in [1.165, 1.54) is 25.7 Å². The number of hydrogen-bond donors (Lipinski definition) is 1. The first-order valence-corrected chi connectivity index (χ1v) is 6.76. The number of fused-ring (bicyclic) bond motifs is 2. The van der Waals surface area contributed by atoms with E-state index in [9.17, 15) is 4.79 Å². The Labute approximate surface area is 97.4 Å². The number of carbonyl (C=O) groups excluding carboxylic acids is 1. The molecule has 3 heteroatoms. The fourth-order valence-corrected chi connectivity index (χ4v) is 4.01. The molecule has 1 aliphatic heterocycles. The molecule has 2 aliphatic carbocycles. The van der Waals surface area contributed by atoms with Gasteiger partial charge in [0.15, 0.2) is 0 Å². The summed E-state index contributed by atoms with van der Waals surface area (Å²) >= 11 is 0. The lowest BCUT2D eigenvalue weighted by atomic mass is 9.88. The molecule has 2 N–H and O–H groups in total. The van der Waals surface area contributed by atoms with Crippen molar-refractivity contribution >= 4 is 5.91 Å². The molecule has 2 saturated carbocycles. The third kappa shape index (κ3) is 1.65. The van der Waals surface area contributed by atoms with E-state index in [-0.39, 0.29) is 0 Å². The Morgan fingerprint density at radius 3 is 2.69 bits per heavy atom. The molecule has 16 heavy (non-hydrogen) atoms. The van der Waals surface area contributed by atoms with Crippen LogP contribution in [-0.2, 0) is 4.79 Å². The lowest BCUT2D eigenvalue weighted by Crippen LogP contribution is -2.37. The summed E-state index contributed by atoms with van der Waals surface area (Å²) in [6.07, 6.45) is 6.29. The summed E-state index contributed by atoms with van der Waals surface area (Å²) in [5, 5.41) is 0. The number of rotatable bonds is 2. The van der Waals surface area contributed by atoms with Crippen molar-refractivity contribution in [3.05, 3.63) is 0 Å². The lowest BCUT2D eigenvalue weighted by molar-refractivity contribution is -0.136. The molecule has 0 aromatic rings. The van der Waals surface area contributed by atoms with Crippen molar-refractivity contribution in [2.75, 3.05) is 19.6 Å². The van der Waals surface area contributed by atoms with E-state index in [0.717, 1.165) is 37.9 Å². The van der Waals surface area contributed by atoms with Gasteiger partial charge in [-0.1, -0.05) is 6.42 Å². The highest BCUT2D eigenvalue weighted by atomic mass is 16.2. The standard InChI is InChI=1S/C13H22N2O/c14-7-10-3-4-15(8-10)13(16)12-6-9-1-2-11(12)5-9/h9-12H,1-8,14H2. The second-order valence-electron chi connectivity index (χ2n) is 5.96. The van der Waals surface area contributed by atoms with Crippen molar-refractivity contribution < 1.29 is 4.79 Å². The zero-order valence-corrected chi connectivity index (χ0v) is 9.90. The molecule has 3 nitrogen and oxygen atoms in total. The molecular weight excluding hydrogens is 200 g/mol. The molecule has 0 radical (unpaired) electrons. The molecule has 4 atom stereocenters. The van der Waals surface area contributed by atoms with E-state index in [4.69, 9.17) is 5.73 Å². The highest BCUT2D eigenvalue weighted by Crippen LogP contribution is 2.49. The van der Waals surface area contributed by atoms with Crippen LogP contribution in [0.15, 0.2) is 0 Å². The monoisotopic (exact) mass is 222 g/mol. The smallest absolute Gasteiger partial charge is 0.225 e. The van der Waals surface area contributed by atoms with Gasteiger partial charge >= 0.3 is 0 Å². The van der Waals surface area contributed by atoms with E-state index in [1.807, 2.05) is 0 Å². The molecule has 2 bridgehead atoms. The van der Waals surface area contributed by atoms with Crippen molar-refractivity contribution in [3.63, 3.8) is 0 Å². The zero-order valence-electron chi connectivity index (χ0n) is 9.90. The van der Waals surface area contributed by atoms with Crippen LogP contribution in [0.3, 0.4) is 0 Å². The molecular formula is C13H22N2O. The molecule has 1 heterocycles. The Kier molecular flexibility index (Phi) is 2.66. The minimum absolute atomic E-state index is 0.371. The number of amides is 1. The van der Waals surface area contributed by atoms with Gasteiger partial charge in [-0.15, -0.1) is 0 Å². The first-order chi connectivity index (χ1) is 7.78. The molecule has 3 fully saturated rings. The molecule has 3 aliphatic rings. The number of nitrogens with zero attached hydrogens (tertiary/aromatic N) is 1. The molecule has 90 valence electrons. The van der Waals surface area contributed by atoms with Gasteiger partial charge in [0.1, 0.15) is 0 Å². The summed E-state index contributed by atoms with van der Waals surface area (Å²) in [5.41, 5.74) is 5.67. The minimum Gasteiger partial charge on any atom is -0.342 e. The molecule has 0 aromatic heterocycles. The number of carbonyl (C=O) groups is 1. The van der Waals surface area contributed by atoms with Crippen LogP contribution in [0.4, 0.5) is 0 Å². The molecule has 4 unspecified atom stereocenters. The maximum Gasteiger partial charge on any atom is 0.225 e. The molecule has 0 spiro atoms. The van der Waals surface area contributed by atoms with Gasteiger partial charge < -0.3 is 10.6 Å². The normalized spacial score (nSPS) is 41.9. The lowest BCUT2D eigenvalue weighted by Gasteiger charge is -2.26. The zero-order chi connectivity index (χ0) is 11.1. The van der Waals surface area contributed by atoms with Gasteiger partial charge in [0, 0.05) is 19.0 Å². The number of nitrogens with two attached hydrogens (primary N) is 1. The van der Waals surface area contributed by atoms with Crippen LogP contribution in [0.25, 0.3) is 0 Å². The number of hydrogen-bond acceptors (Lipinski definition) is 2. The second-order valence-corrected chi connectivity index (χ2v) is 5.96. The topological polar surface area (TPSA) is 46.3 Å². The van der Waals surface area contributed by atoms with Crippen LogP contribution < -0.4 is 5.73 Å². The molecule has 0 aromatic carbocycles. The van der Waals surface area contributed by atoms with Gasteiger partial charge in [-0.2, -0.15) is 0 Å². The van der Waals surface area contributed by atoms with Gasteiger partial charge in [-0.05, 0) is 50.0 Å². The Bertz CT molecular complexity index is 292. The van der Waals surface area contributed by atoms with E-state index < -0.39 is 0 Å². The summed E-state index contributed by atoms with van der Waals surface area (Å²) in [6, 6.07) is 0. The van der Waals surface area contributed by atoms with Crippen LogP contribution in [-0.4, -0.2) is 30.4 Å². The van der Waals surface area contributed by atoms with Crippen LogP contribution in [0.5, 0.6) is 0 Å². The van der Waals surface area contributed by atoms with Crippen molar-refractivity contribution in [3.8, 4) is 0 Å². The Balaban J connectivity index is 1.61. The van der Waals surface area contributed by atoms with Gasteiger partial charge in [-0.25, -0.2) is 0 Å². The van der Waals surface area contributed by atoms with Crippen molar-refractivity contribution in [1.82, 2.24) is 4.90 Å². The van der Waals surface area contributed by atoms with Crippen LogP contribution in [0, 0.1) is 23.7 Å². The maximum atomic E-state index is 12.4. The van der Waals surface area contributed by atoms with E-state index in [1.54, 1.807) is 0 Å². The first kappa shape index (κ1) is 10.6. The van der Waals surface area contributed by atoms with E-state index >= 15 is 0 Å². The fraction of sp³-hybridized carbons (Fsp3) is 0.923. The average Bonchev–Trinajstić information content (AvgIpc) is 3.03. The van der Waals surface area contributed by atoms with Gasteiger partial charge in [0.25, 0.3) is 0 Å². The Morgan fingerprint density at radius 1 is 1.25 bits per heavy atom. The number of likely N-dealkylation sites (tertiary alicyclic amines) is 1. The SMILES string of the molecule is NCC1CCN(C(=O)C2CC3CCC2C3)C1. The third-order valence-electron chi connectivity index (χ3n) is 4.99. The minimum atomic E-state index is 0.371. The van der Waals surface area contributed by atoms with Crippen molar-refractivity contribution in [1.29, 1.82) is 0 Å². The summed E-state index contributed by atoms with van der Waals surface area (Å²) in [5.74, 6) is 2.96. The van der Waals surface area contributed by atoms with Gasteiger partial charge in [0.2, 0.25) is 5.91 Å². The van der Waals surface area contributed by atoms with E-state index in [0.29, 0.717) is 17.7 Å². The van der Waals surface area contributed by atoms with Crippen LogP contribution in [0.2, 0.25) is 0 Å². The molecule has 1 amide bonds. The Morgan fingerprint density at radius 2 is 2.12 bits per heavy atom. The third-order valence-corrected chi connectivity index (χ3v) is 4.99. The largest absolute Gasteiger partial charge is 0.342 e. The van der Waals surface area contributed by atoms with E-state index in [2.05, 4.69) is 4.90 Å². The summed E-state index contributed by atoms with van der Waals surface area (Å²) < 4.78 is 0. The van der Waals surface area contributed by atoms with Gasteiger partial charge in [-0.3, -0.25) is 4.79 Å². The van der Waals surface area contributed by atoms with Crippen molar-refractivity contribution in [2.24, 2.45) is 29.4 Å². The van der Waals surface area contributed by atoms with Crippen LogP contribution >= 0.6 is 0 Å². The fourth-order valence-electron chi connectivity index (χ4n) is 4.01. The Hall–Kier alpha value is -0.570. The predicted molar refractivity (Wildman–Crippen MR) is 62.7 cm³/mol. The highest BCUT2D eigenvalue weighted by molar-refractivity contribution is 5.80. The average molecular weight is 222 g/mol. The summed E-state index contributed by atoms with van der Waals surface area (Å²) in [7, 11) is 0. The van der Waals surface area contributed by atoms with Gasteiger partial charge in [0.05, 0.1) is 0 Å². The predicted octanol–water partition coefficient (Wildman–Crippen LogP) is 1.23. The van der Waals surface area contributed by atoms with Crippen LogP contribution in [0.1, 0.15) is 32.1 Å². The highest BCUT2D eigenvalue weighted by Gasteiger charge is 2.45. The molecule has 3 rings (SSSR count). The molecule has 1 saturated heterocycles. The second kappa shape index (κ2) is 4.02. The van der Waals surface area contributed by atoms with Crippen molar-refractivity contribution in [2.45, 2.75) is 32.1 Å². The quantitative estimate of drug-likeness (QED) is 0.764.